The summed E-state index contributed by atoms with van der Waals surface area (Å²) in [5.41, 5.74) is 1.90. The Labute approximate surface area is 204 Å². The molecule has 0 spiro atoms. The van der Waals surface area contributed by atoms with Gasteiger partial charge in [0.1, 0.15) is 17.3 Å². The molecule has 0 aliphatic carbocycles. The molecule has 1 aliphatic heterocycles. The van der Waals surface area contributed by atoms with Crippen molar-refractivity contribution in [2.45, 2.75) is 26.4 Å². The number of hydrogen-bond donors (Lipinski definition) is 1. The van der Waals surface area contributed by atoms with Crippen LogP contribution in [-0.4, -0.2) is 40.4 Å². The summed E-state index contributed by atoms with van der Waals surface area (Å²) in [5.74, 6) is -0.0987. The second kappa shape index (κ2) is 10.4. The first-order chi connectivity index (χ1) is 16.9. The van der Waals surface area contributed by atoms with Crippen molar-refractivity contribution in [1.82, 2.24) is 9.88 Å². The zero-order valence-corrected chi connectivity index (χ0v) is 20.0. The summed E-state index contributed by atoms with van der Waals surface area (Å²) in [5, 5.41) is 11.3. The molecule has 1 amide bonds. The highest BCUT2D eigenvalue weighted by atomic mass is 16.5. The van der Waals surface area contributed by atoms with Crippen molar-refractivity contribution in [2.75, 3.05) is 13.7 Å². The van der Waals surface area contributed by atoms with Crippen LogP contribution in [0.4, 0.5) is 0 Å². The fourth-order valence-corrected chi connectivity index (χ4v) is 4.02. The Balaban J connectivity index is 1.80. The summed E-state index contributed by atoms with van der Waals surface area (Å²) >= 11 is 0. The number of aliphatic hydroxyl groups excluding tert-OH is 1. The van der Waals surface area contributed by atoms with Gasteiger partial charge in [0, 0.05) is 24.5 Å². The average molecular weight is 473 g/mol. The van der Waals surface area contributed by atoms with Gasteiger partial charge in [-0.05, 0) is 47.4 Å². The van der Waals surface area contributed by atoms with E-state index in [1.165, 1.54) is 4.90 Å². The van der Waals surface area contributed by atoms with Gasteiger partial charge in [-0.25, -0.2) is 0 Å². The molecule has 7 nitrogen and oxygen atoms in total. The molecule has 1 atom stereocenters. The number of carbonyl (C=O) groups is 2. The first-order valence-corrected chi connectivity index (χ1v) is 11.4. The first-order valence-electron chi connectivity index (χ1n) is 11.4. The van der Waals surface area contributed by atoms with Crippen LogP contribution in [0, 0.1) is 5.92 Å². The fraction of sp³-hybridized carbons (Fsp3) is 0.250. The summed E-state index contributed by atoms with van der Waals surface area (Å²) in [4.78, 5) is 32.0. The van der Waals surface area contributed by atoms with Gasteiger partial charge in [0.05, 0.1) is 25.3 Å². The van der Waals surface area contributed by atoms with Gasteiger partial charge in [0.15, 0.2) is 0 Å². The van der Waals surface area contributed by atoms with E-state index in [1.807, 2.05) is 19.9 Å². The Morgan fingerprint density at radius 3 is 2.49 bits per heavy atom. The number of methoxy groups -OCH3 is 1. The quantitative estimate of drug-likeness (QED) is 0.289. The number of aromatic nitrogens is 1. The Hall–Kier alpha value is -4.13. The van der Waals surface area contributed by atoms with Crippen LogP contribution in [0.25, 0.3) is 5.76 Å². The number of pyridine rings is 1. The number of ketones is 1. The minimum atomic E-state index is -0.777. The number of rotatable bonds is 8. The Morgan fingerprint density at radius 1 is 1.06 bits per heavy atom. The van der Waals surface area contributed by atoms with Crippen molar-refractivity contribution in [3.63, 3.8) is 0 Å². The highest BCUT2D eigenvalue weighted by molar-refractivity contribution is 6.46. The lowest BCUT2D eigenvalue weighted by Crippen LogP contribution is -2.29. The van der Waals surface area contributed by atoms with Crippen molar-refractivity contribution >= 4 is 17.4 Å². The van der Waals surface area contributed by atoms with Gasteiger partial charge in [-0.15, -0.1) is 0 Å². The molecule has 3 aromatic rings. The standard InChI is InChI=1S/C28H28N2O5/c1-18(2)17-35-23-8-4-7-21(14-23)26(31)24-25(20-9-11-22(34-3)12-10-20)30(28(33)27(24)32)16-19-6-5-13-29-15-19/h4-15,18,25,31H,16-17H2,1-3H3/b26-24-. The van der Waals surface area contributed by atoms with Gasteiger partial charge in [-0.3, -0.25) is 14.6 Å². The maximum Gasteiger partial charge on any atom is 0.295 e. The van der Waals surface area contributed by atoms with E-state index in [0.717, 1.165) is 5.56 Å². The molecule has 1 aromatic heterocycles. The number of nitrogens with zero attached hydrogens (tertiary/aromatic N) is 2. The Morgan fingerprint density at radius 2 is 1.83 bits per heavy atom. The van der Waals surface area contributed by atoms with Crippen LogP contribution in [0.5, 0.6) is 11.5 Å². The molecule has 0 radical (unpaired) electrons. The minimum Gasteiger partial charge on any atom is -0.507 e. The number of ether oxygens (including phenoxy) is 2. The first kappa shape index (κ1) is 24.0. The molecular formula is C28H28N2O5. The van der Waals surface area contributed by atoms with Gasteiger partial charge in [0.2, 0.25) is 0 Å². The van der Waals surface area contributed by atoms with E-state index in [2.05, 4.69) is 4.98 Å². The van der Waals surface area contributed by atoms with Gasteiger partial charge in [-0.1, -0.05) is 44.2 Å². The Bertz CT molecular complexity index is 1240. The molecule has 35 heavy (non-hydrogen) atoms. The van der Waals surface area contributed by atoms with Crippen molar-refractivity contribution in [2.24, 2.45) is 5.92 Å². The zero-order valence-electron chi connectivity index (χ0n) is 20.0. The van der Waals surface area contributed by atoms with Crippen LogP contribution in [0.2, 0.25) is 0 Å². The van der Waals surface area contributed by atoms with Crippen LogP contribution in [0.3, 0.4) is 0 Å². The number of aliphatic hydroxyl groups is 1. The molecular weight excluding hydrogens is 444 g/mol. The smallest absolute Gasteiger partial charge is 0.295 e. The molecule has 1 saturated heterocycles. The van der Waals surface area contributed by atoms with E-state index >= 15 is 0 Å². The van der Waals surface area contributed by atoms with Crippen molar-refractivity contribution < 1.29 is 24.2 Å². The highest BCUT2D eigenvalue weighted by Crippen LogP contribution is 2.41. The normalized spacial score (nSPS) is 17.1. The van der Waals surface area contributed by atoms with E-state index in [9.17, 15) is 14.7 Å². The topological polar surface area (TPSA) is 89.0 Å². The molecule has 1 unspecified atom stereocenters. The van der Waals surface area contributed by atoms with Crippen LogP contribution >= 0.6 is 0 Å². The van der Waals surface area contributed by atoms with Gasteiger partial charge in [0.25, 0.3) is 11.7 Å². The van der Waals surface area contributed by atoms with Gasteiger partial charge >= 0.3 is 0 Å². The van der Waals surface area contributed by atoms with Crippen molar-refractivity contribution in [3.8, 4) is 11.5 Å². The third-order valence-corrected chi connectivity index (χ3v) is 5.74. The number of benzene rings is 2. The van der Waals surface area contributed by atoms with Crippen molar-refractivity contribution in [3.05, 3.63) is 95.3 Å². The molecule has 7 heteroatoms. The van der Waals surface area contributed by atoms with E-state index in [1.54, 1.807) is 74.1 Å². The lowest BCUT2D eigenvalue weighted by molar-refractivity contribution is -0.140. The molecule has 180 valence electrons. The summed E-state index contributed by atoms with van der Waals surface area (Å²) < 4.78 is 11.1. The predicted molar refractivity (Wildman–Crippen MR) is 132 cm³/mol. The van der Waals surface area contributed by atoms with Crippen LogP contribution in [0.1, 0.15) is 36.6 Å². The fourth-order valence-electron chi connectivity index (χ4n) is 4.02. The number of hydrogen-bond acceptors (Lipinski definition) is 6. The summed E-state index contributed by atoms with van der Waals surface area (Å²) in [6.07, 6.45) is 3.30. The second-order valence-corrected chi connectivity index (χ2v) is 8.79. The molecule has 0 bridgehead atoms. The molecule has 2 aromatic carbocycles. The SMILES string of the molecule is COc1ccc(C2/C(=C(/O)c3cccc(OCC(C)C)c3)C(=O)C(=O)N2Cc2cccnc2)cc1. The maximum absolute atomic E-state index is 13.2. The number of likely N-dealkylation sites (tertiary alicyclic amines) is 1. The lowest BCUT2D eigenvalue weighted by Gasteiger charge is -2.25. The average Bonchev–Trinajstić information content (AvgIpc) is 3.12. The largest absolute Gasteiger partial charge is 0.507 e. The van der Waals surface area contributed by atoms with Gasteiger partial charge < -0.3 is 19.5 Å². The third kappa shape index (κ3) is 5.19. The number of Topliss-reactive ketones (excluding diaryl/α,β-unsaturated/α-hetero) is 1. The van der Waals surface area contributed by atoms with E-state index < -0.39 is 17.7 Å². The lowest BCUT2D eigenvalue weighted by atomic mass is 9.95. The van der Waals surface area contributed by atoms with Crippen LogP contribution < -0.4 is 9.47 Å². The predicted octanol–water partition coefficient (Wildman–Crippen LogP) is 4.75. The van der Waals surface area contributed by atoms with Crippen molar-refractivity contribution in [1.29, 1.82) is 0 Å². The Kier molecular flexibility index (Phi) is 7.15. The van der Waals surface area contributed by atoms with E-state index in [0.29, 0.717) is 35.2 Å². The molecule has 1 aliphatic rings. The van der Waals surface area contributed by atoms with Crippen LogP contribution in [0.15, 0.2) is 78.6 Å². The minimum absolute atomic E-state index is 0.0325. The van der Waals surface area contributed by atoms with E-state index in [-0.39, 0.29) is 17.9 Å². The maximum atomic E-state index is 13.2. The molecule has 0 saturated carbocycles. The molecule has 2 heterocycles. The summed E-state index contributed by atoms with van der Waals surface area (Å²) in [6.45, 7) is 4.78. The highest BCUT2D eigenvalue weighted by Gasteiger charge is 2.46. The molecule has 4 rings (SSSR count). The number of carbonyl (C=O) groups excluding carboxylic acids is 2. The molecule has 1 N–H and O–H groups in total. The van der Waals surface area contributed by atoms with E-state index in [4.69, 9.17) is 9.47 Å². The number of amides is 1. The van der Waals surface area contributed by atoms with Gasteiger partial charge in [-0.2, -0.15) is 0 Å². The van der Waals surface area contributed by atoms with Crippen LogP contribution in [-0.2, 0) is 16.1 Å². The zero-order chi connectivity index (χ0) is 24.9. The molecule has 1 fully saturated rings. The monoisotopic (exact) mass is 472 g/mol. The summed E-state index contributed by atoms with van der Waals surface area (Å²) in [6, 6.07) is 16.9. The summed E-state index contributed by atoms with van der Waals surface area (Å²) in [7, 11) is 1.57. The second-order valence-electron chi connectivity index (χ2n) is 8.79. The third-order valence-electron chi connectivity index (χ3n) is 5.74.